The minimum atomic E-state index is -0.534. The number of carbonyl (C=O) groups excluding carboxylic acids is 2. The Morgan fingerprint density at radius 1 is 0.828 bits per heavy atom. The summed E-state index contributed by atoms with van der Waals surface area (Å²) in [6, 6.07) is 19.6. The Hall–Kier alpha value is -4.07. The van der Waals surface area contributed by atoms with Gasteiger partial charge in [-0.05, 0) is 54.1 Å². The molecule has 8 heteroatoms. The molecule has 144 valence electrons. The van der Waals surface area contributed by atoms with E-state index >= 15 is 0 Å². The van der Waals surface area contributed by atoms with Crippen LogP contribution >= 0.6 is 0 Å². The summed E-state index contributed by atoms with van der Waals surface area (Å²) in [5.74, 6) is -1.43. The fraction of sp³-hybridized carbons (Fsp3) is 0.0476. The van der Waals surface area contributed by atoms with Crippen LogP contribution < -0.4 is 10.9 Å². The number of para-hydroxylation sites is 1. The number of halogens is 1. The summed E-state index contributed by atoms with van der Waals surface area (Å²) in [5, 5.41) is 8.27. The first-order valence-electron chi connectivity index (χ1n) is 8.83. The normalized spacial score (nSPS) is 10.7. The number of nitrogens with zero attached hydrogens (tertiary/aromatic N) is 3. The van der Waals surface area contributed by atoms with Crippen LogP contribution in [0, 0.1) is 5.82 Å². The lowest BCUT2D eigenvalue weighted by Crippen LogP contribution is -2.41. The van der Waals surface area contributed by atoms with Crippen LogP contribution in [0.5, 0.6) is 0 Å². The van der Waals surface area contributed by atoms with Crippen molar-refractivity contribution in [3.8, 4) is 0 Å². The molecule has 0 saturated heterocycles. The predicted octanol–water partition coefficient (Wildman–Crippen LogP) is 2.69. The molecule has 0 aliphatic carbocycles. The first-order chi connectivity index (χ1) is 14.1. The van der Waals surface area contributed by atoms with Gasteiger partial charge in [0.25, 0.3) is 11.8 Å². The van der Waals surface area contributed by atoms with Crippen LogP contribution in [0.15, 0.2) is 72.8 Å². The molecule has 2 N–H and O–H groups in total. The maximum Gasteiger partial charge on any atom is 0.269 e. The largest absolute Gasteiger partial charge is 0.269 e. The van der Waals surface area contributed by atoms with E-state index in [0.29, 0.717) is 12.1 Å². The van der Waals surface area contributed by atoms with Gasteiger partial charge >= 0.3 is 0 Å². The van der Waals surface area contributed by atoms with Crippen molar-refractivity contribution in [2.75, 3.05) is 0 Å². The van der Waals surface area contributed by atoms with Gasteiger partial charge < -0.3 is 0 Å². The molecule has 4 aromatic rings. The van der Waals surface area contributed by atoms with Gasteiger partial charge in [0.1, 0.15) is 11.3 Å². The number of carbonyl (C=O) groups is 2. The van der Waals surface area contributed by atoms with Crippen LogP contribution in [0.25, 0.3) is 11.0 Å². The Morgan fingerprint density at radius 3 is 2.07 bits per heavy atom. The molecule has 3 aromatic carbocycles. The van der Waals surface area contributed by atoms with Gasteiger partial charge in [0, 0.05) is 11.1 Å². The molecule has 0 aliphatic rings. The van der Waals surface area contributed by atoms with Crippen molar-refractivity contribution >= 4 is 22.8 Å². The lowest BCUT2D eigenvalue weighted by molar-refractivity contribution is 0.0846. The minimum absolute atomic E-state index is 0.238. The standard InChI is InChI=1S/C21H16FN5O2/c22-17-11-9-16(10-12-17)21(29)25-24-20(28)15-7-5-14(6-8-15)13-27-19-4-2-1-3-18(19)23-26-27/h1-12H,13H2,(H,24,28)(H,25,29). The molecule has 1 heterocycles. The predicted molar refractivity (Wildman–Crippen MR) is 104 cm³/mol. The van der Waals surface area contributed by atoms with Crippen LogP contribution in [0.2, 0.25) is 0 Å². The number of amides is 2. The fourth-order valence-corrected chi connectivity index (χ4v) is 2.83. The smallest absolute Gasteiger partial charge is 0.267 e. The van der Waals surface area contributed by atoms with E-state index in [-0.39, 0.29) is 5.56 Å². The van der Waals surface area contributed by atoms with E-state index in [9.17, 15) is 14.0 Å². The van der Waals surface area contributed by atoms with Crippen molar-refractivity contribution in [2.45, 2.75) is 6.54 Å². The summed E-state index contributed by atoms with van der Waals surface area (Å²) in [4.78, 5) is 24.2. The quantitative estimate of drug-likeness (QED) is 0.525. The Kier molecular flexibility index (Phi) is 4.98. The third-order valence-corrected chi connectivity index (χ3v) is 4.36. The summed E-state index contributed by atoms with van der Waals surface area (Å²) in [6.07, 6.45) is 0. The molecule has 0 aliphatic heterocycles. The van der Waals surface area contributed by atoms with Gasteiger partial charge in [0.2, 0.25) is 0 Å². The molecule has 0 atom stereocenters. The Labute approximate surface area is 165 Å². The van der Waals surface area contributed by atoms with Gasteiger partial charge in [-0.2, -0.15) is 0 Å². The molecule has 0 saturated carbocycles. The zero-order valence-corrected chi connectivity index (χ0v) is 15.2. The third-order valence-electron chi connectivity index (χ3n) is 4.36. The van der Waals surface area contributed by atoms with E-state index < -0.39 is 17.6 Å². The number of aromatic nitrogens is 3. The number of nitrogens with one attached hydrogen (secondary N) is 2. The second kappa shape index (κ2) is 7.89. The van der Waals surface area contributed by atoms with E-state index in [0.717, 1.165) is 16.6 Å². The zero-order chi connectivity index (χ0) is 20.2. The van der Waals surface area contributed by atoms with Crippen LogP contribution in [0.4, 0.5) is 4.39 Å². The highest BCUT2D eigenvalue weighted by Gasteiger charge is 2.10. The number of benzene rings is 3. The van der Waals surface area contributed by atoms with Crippen LogP contribution in [-0.4, -0.2) is 26.8 Å². The minimum Gasteiger partial charge on any atom is -0.267 e. The van der Waals surface area contributed by atoms with Crippen molar-refractivity contribution in [3.05, 3.63) is 95.3 Å². The maximum atomic E-state index is 12.9. The van der Waals surface area contributed by atoms with Gasteiger partial charge in [-0.25, -0.2) is 9.07 Å². The number of hydrogen-bond donors (Lipinski definition) is 2. The highest BCUT2D eigenvalue weighted by molar-refractivity contribution is 5.99. The van der Waals surface area contributed by atoms with Gasteiger partial charge in [-0.1, -0.05) is 29.5 Å². The molecule has 4 rings (SSSR count). The van der Waals surface area contributed by atoms with Crippen LogP contribution in [0.1, 0.15) is 26.3 Å². The maximum absolute atomic E-state index is 12.9. The van der Waals surface area contributed by atoms with Gasteiger partial charge in [0.15, 0.2) is 0 Å². The Balaban J connectivity index is 1.37. The summed E-state index contributed by atoms with van der Waals surface area (Å²) in [7, 11) is 0. The van der Waals surface area contributed by atoms with Crippen molar-refractivity contribution in [1.82, 2.24) is 25.8 Å². The Bertz CT molecular complexity index is 1170. The van der Waals surface area contributed by atoms with E-state index in [1.165, 1.54) is 24.3 Å². The second-order valence-electron chi connectivity index (χ2n) is 6.35. The highest BCUT2D eigenvalue weighted by atomic mass is 19.1. The first-order valence-corrected chi connectivity index (χ1v) is 8.83. The molecule has 0 bridgehead atoms. The van der Waals surface area contributed by atoms with Gasteiger partial charge in [-0.15, -0.1) is 5.10 Å². The summed E-state index contributed by atoms with van der Waals surface area (Å²) >= 11 is 0. The molecule has 0 spiro atoms. The third kappa shape index (κ3) is 4.11. The number of hydrazine groups is 1. The van der Waals surface area contributed by atoms with E-state index in [4.69, 9.17) is 0 Å². The molecule has 0 radical (unpaired) electrons. The summed E-state index contributed by atoms with van der Waals surface area (Å²) in [6.45, 7) is 0.518. The SMILES string of the molecule is O=C(NNC(=O)c1ccc(Cn2nnc3ccccc32)cc1)c1ccc(F)cc1. The fourth-order valence-electron chi connectivity index (χ4n) is 2.83. The van der Waals surface area contributed by atoms with Crippen molar-refractivity contribution in [2.24, 2.45) is 0 Å². The van der Waals surface area contributed by atoms with Crippen LogP contribution in [-0.2, 0) is 6.54 Å². The van der Waals surface area contributed by atoms with E-state index in [2.05, 4.69) is 21.2 Å². The van der Waals surface area contributed by atoms with Crippen molar-refractivity contribution < 1.29 is 14.0 Å². The van der Waals surface area contributed by atoms with Crippen LogP contribution in [0.3, 0.4) is 0 Å². The molecule has 1 aromatic heterocycles. The lowest BCUT2D eigenvalue weighted by Gasteiger charge is -2.08. The molecular formula is C21H16FN5O2. The monoisotopic (exact) mass is 389 g/mol. The molecule has 29 heavy (non-hydrogen) atoms. The molecule has 0 fully saturated rings. The topological polar surface area (TPSA) is 88.9 Å². The highest BCUT2D eigenvalue weighted by Crippen LogP contribution is 2.13. The lowest BCUT2D eigenvalue weighted by atomic mass is 10.1. The molecule has 7 nitrogen and oxygen atoms in total. The summed E-state index contributed by atoms with van der Waals surface area (Å²) in [5.41, 5.74) is 7.97. The van der Waals surface area contributed by atoms with Gasteiger partial charge in [0.05, 0.1) is 12.1 Å². The average Bonchev–Trinajstić information content (AvgIpc) is 3.16. The summed E-state index contributed by atoms with van der Waals surface area (Å²) < 4.78 is 14.7. The molecule has 2 amide bonds. The van der Waals surface area contributed by atoms with Crippen molar-refractivity contribution in [3.63, 3.8) is 0 Å². The van der Waals surface area contributed by atoms with E-state index in [1.54, 1.807) is 16.8 Å². The molecular weight excluding hydrogens is 373 g/mol. The average molecular weight is 389 g/mol. The number of rotatable bonds is 4. The van der Waals surface area contributed by atoms with Crippen molar-refractivity contribution in [1.29, 1.82) is 0 Å². The zero-order valence-electron chi connectivity index (χ0n) is 15.2. The first kappa shape index (κ1) is 18.3. The van der Waals surface area contributed by atoms with E-state index in [1.807, 2.05) is 36.4 Å². The second-order valence-corrected chi connectivity index (χ2v) is 6.35. The Morgan fingerprint density at radius 2 is 1.41 bits per heavy atom. The molecule has 0 unspecified atom stereocenters. The van der Waals surface area contributed by atoms with Gasteiger partial charge in [-0.3, -0.25) is 20.4 Å². The number of hydrogen-bond acceptors (Lipinski definition) is 4. The number of fused-ring (bicyclic) bond motifs is 1.